The van der Waals surface area contributed by atoms with E-state index in [4.69, 9.17) is 0 Å². The van der Waals surface area contributed by atoms with Crippen molar-refractivity contribution in [1.82, 2.24) is 15.5 Å². The minimum absolute atomic E-state index is 0. The van der Waals surface area contributed by atoms with Crippen LogP contribution in [0.15, 0.2) is 35.3 Å². The summed E-state index contributed by atoms with van der Waals surface area (Å²) in [7, 11) is 1.87. The van der Waals surface area contributed by atoms with Crippen LogP contribution in [0.1, 0.15) is 39.5 Å². The summed E-state index contributed by atoms with van der Waals surface area (Å²) < 4.78 is 0. The quantitative estimate of drug-likeness (QED) is 0.382. The molecule has 152 valence electrons. The molecule has 1 aromatic rings. The van der Waals surface area contributed by atoms with Crippen molar-refractivity contribution in [3.63, 3.8) is 0 Å². The van der Waals surface area contributed by atoms with Crippen LogP contribution in [0.5, 0.6) is 0 Å². The zero-order chi connectivity index (χ0) is 18.4. The Morgan fingerprint density at radius 2 is 1.96 bits per heavy atom. The van der Waals surface area contributed by atoms with Crippen LogP contribution in [0.3, 0.4) is 0 Å². The van der Waals surface area contributed by atoms with Crippen LogP contribution in [-0.2, 0) is 0 Å². The molecule has 2 heterocycles. The Morgan fingerprint density at radius 3 is 2.67 bits per heavy atom. The average molecular weight is 485 g/mol. The van der Waals surface area contributed by atoms with Gasteiger partial charge in [-0.05, 0) is 51.8 Å². The maximum Gasteiger partial charge on any atom is 0.191 e. The number of halogens is 1. The second-order valence-corrected chi connectivity index (χ2v) is 7.80. The van der Waals surface area contributed by atoms with Gasteiger partial charge in [-0.3, -0.25) is 9.89 Å². The van der Waals surface area contributed by atoms with Gasteiger partial charge in [0, 0.05) is 50.5 Å². The van der Waals surface area contributed by atoms with Crippen molar-refractivity contribution in [1.29, 1.82) is 0 Å². The number of likely N-dealkylation sites (tertiary alicyclic amines) is 1. The number of hydrogen-bond acceptors (Lipinski definition) is 3. The Morgan fingerprint density at radius 1 is 1.19 bits per heavy atom. The van der Waals surface area contributed by atoms with Crippen molar-refractivity contribution in [2.45, 2.75) is 57.7 Å². The molecule has 0 aliphatic carbocycles. The molecule has 1 aromatic carbocycles. The Labute approximate surface area is 182 Å². The van der Waals surface area contributed by atoms with Crippen LogP contribution in [0.2, 0.25) is 0 Å². The normalized spacial score (nSPS) is 25.0. The van der Waals surface area contributed by atoms with Gasteiger partial charge in [-0.1, -0.05) is 24.6 Å². The summed E-state index contributed by atoms with van der Waals surface area (Å²) in [5.74, 6) is 0.932. The standard InChI is InChI=1S/C21H35N5.HI/c1-17-9-7-8-13-26(17)18(2)15-23-21(22-3)24-19-12-14-25(16-19)20-10-5-4-6-11-20;/h4-6,10-11,17-19H,7-9,12-16H2,1-3H3,(H2,22,23,24);1H. The molecule has 0 aromatic heterocycles. The van der Waals surface area contributed by atoms with Crippen LogP contribution < -0.4 is 15.5 Å². The highest BCUT2D eigenvalue weighted by atomic mass is 127. The van der Waals surface area contributed by atoms with Crippen molar-refractivity contribution >= 4 is 35.6 Å². The molecule has 5 nitrogen and oxygen atoms in total. The number of nitrogens with zero attached hydrogens (tertiary/aromatic N) is 3. The summed E-state index contributed by atoms with van der Waals surface area (Å²) in [6.45, 7) is 8.99. The summed E-state index contributed by atoms with van der Waals surface area (Å²) in [4.78, 5) is 9.53. The smallest absolute Gasteiger partial charge is 0.191 e. The van der Waals surface area contributed by atoms with Crippen LogP contribution in [0.4, 0.5) is 5.69 Å². The number of rotatable bonds is 5. The van der Waals surface area contributed by atoms with Gasteiger partial charge in [0.15, 0.2) is 5.96 Å². The molecule has 0 amide bonds. The fraction of sp³-hybridized carbons (Fsp3) is 0.667. The molecule has 3 unspecified atom stereocenters. The molecule has 3 atom stereocenters. The molecule has 0 saturated carbocycles. The molecule has 2 N–H and O–H groups in total. The molecule has 27 heavy (non-hydrogen) atoms. The first kappa shape index (κ1) is 22.3. The second-order valence-electron chi connectivity index (χ2n) is 7.80. The van der Waals surface area contributed by atoms with Gasteiger partial charge in [-0.15, -0.1) is 24.0 Å². The Kier molecular flexibility index (Phi) is 9.15. The molecule has 2 aliphatic rings. The lowest BCUT2D eigenvalue weighted by Crippen LogP contribution is -2.51. The number of hydrogen-bond donors (Lipinski definition) is 2. The van der Waals surface area contributed by atoms with Crippen molar-refractivity contribution in [3.05, 3.63) is 30.3 Å². The monoisotopic (exact) mass is 485 g/mol. The second kappa shape index (κ2) is 11.1. The topological polar surface area (TPSA) is 42.9 Å². The van der Waals surface area contributed by atoms with E-state index in [2.05, 4.69) is 69.6 Å². The van der Waals surface area contributed by atoms with Crippen molar-refractivity contribution in [3.8, 4) is 0 Å². The predicted octanol–water partition coefficient (Wildman–Crippen LogP) is 3.31. The van der Waals surface area contributed by atoms with Gasteiger partial charge in [-0.25, -0.2) is 0 Å². The first-order valence-electron chi connectivity index (χ1n) is 10.2. The number of para-hydroxylation sites is 1. The van der Waals surface area contributed by atoms with E-state index in [1.165, 1.54) is 31.5 Å². The van der Waals surface area contributed by atoms with Gasteiger partial charge in [-0.2, -0.15) is 0 Å². The van der Waals surface area contributed by atoms with Crippen LogP contribution in [0.25, 0.3) is 0 Å². The van der Waals surface area contributed by atoms with E-state index < -0.39 is 0 Å². The number of guanidine groups is 1. The highest BCUT2D eigenvalue weighted by Gasteiger charge is 2.25. The molecule has 0 bridgehead atoms. The maximum atomic E-state index is 4.44. The molecule has 6 heteroatoms. The Bertz CT molecular complexity index is 579. The molecule has 0 radical (unpaired) electrons. The predicted molar refractivity (Wildman–Crippen MR) is 126 cm³/mol. The first-order chi connectivity index (χ1) is 12.7. The first-order valence-corrected chi connectivity index (χ1v) is 10.2. The van der Waals surface area contributed by atoms with Crippen LogP contribution in [-0.4, -0.2) is 62.2 Å². The third-order valence-corrected chi connectivity index (χ3v) is 5.86. The highest BCUT2D eigenvalue weighted by Crippen LogP contribution is 2.20. The van der Waals surface area contributed by atoms with E-state index >= 15 is 0 Å². The lowest BCUT2D eigenvalue weighted by atomic mass is 10.0. The summed E-state index contributed by atoms with van der Waals surface area (Å²) in [5, 5.41) is 7.16. The number of piperidine rings is 1. The molecular weight excluding hydrogens is 449 g/mol. The van der Waals surface area contributed by atoms with Crippen LogP contribution >= 0.6 is 24.0 Å². The molecule has 2 aliphatic heterocycles. The van der Waals surface area contributed by atoms with E-state index in [-0.39, 0.29) is 24.0 Å². The highest BCUT2D eigenvalue weighted by molar-refractivity contribution is 14.0. The minimum atomic E-state index is 0. The molecule has 3 rings (SSSR count). The SMILES string of the molecule is CN=C(NCC(C)N1CCCCC1C)NC1CCN(c2ccccc2)C1.I. The Hall–Kier alpha value is -1.02. The van der Waals surface area contributed by atoms with Crippen molar-refractivity contribution in [2.24, 2.45) is 4.99 Å². The van der Waals surface area contributed by atoms with Gasteiger partial charge >= 0.3 is 0 Å². The van der Waals surface area contributed by atoms with Crippen LogP contribution in [0, 0.1) is 0 Å². The summed E-state index contributed by atoms with van der Waals surface area (Å²) in [5.41, 5.74) is 1.31. The van der Waals surface area contributed by atoms with Gasteiger partial charge in [0.2, 0.25) is 0 Å². The fourth-order valence-electron chi connectivity index (χ4n) is 4.28. The summed E-state index contributed by atoms with van der Waals surface area (Å²) >= 11 is 0. The molecular formula is C21H36IN5. The summed E-state index contributed by atoms with van der Waals surface area (Å²) in [6, 6.07) is 12.4. The minimum Gasteiger partial charge on any atom is -0.369 e. The number of nitrogens with one attached hydrogen (secondary N) is 2. The zero-order valence-corrected chi connectivity index (χ0v) is 19.4. The number of aliphatic imine (C=N–C) groups is 1. The zero-order valence-electron chi connectivity index (χ0n) is 17.0. The Balaban J connectivity index is 0.00000261. The van der Waals surface area contributed by atoms with Gasteiger partial charge in [0.1, 0.15) is 0 Å². The van der Waals surface area contributed by atoms with Gasteiger partial charge in [0.05, 0.1) is 0 Å². The largest absolute Gasteiger partial charge is 0.369 e. The van der Waals surface area contributed by atoms with E-state index in [1.54, 1.807) is 0 Å². The lowest BCUT2D eigenvalue weighted by Gasteiger charge is -2.38. The number of benzene rings is 1. The summed E-state index contributed by atoms with van der Waals surface area (Å²) in [6.07, 6.45) is 5.18. The van der Waals surface area contributed by atoms with Crippen molar-refractivity contribution < 1.29 is 0 Å². The molecule has 2 saturated heterocycles. The average Bonchev–Trinajstić information content (AvgIpc) is 3.14. The third-order valence-electron chi connectivity index (χ3n) is 5.86. The van der Waals surface area contributed by atoms with Crippen molar-refractivity contribution in [2.75, 3.05) is 38.1 Å². The third kappa shape index (κ3) is 6.24. The molecule has 2 fully saturated rings. The van der Waals surface area contributed by atoms with E-state index in [0.29, 0.717) is 18.1 Å². The lowest BCUT2D eigenvalue weighted by molar-refractivity contribution is 0.115. The fourth-order valence-corrected chi connectivity index (χ4v) is 4.28. The van der Waals surface area contributed by atoms with E-state index in [9.17, 15) is 0 Å². The van der Waals surface area contributed by atoms with E-state index in [1.807, 2.05) is 7.05 Å². The van der Waals surface area contributed by atoms with Gasteiger partial charge in [0.25, 0.3) is 0 Å². The number of anilines is 1. The maximum absolute atomic E-state index is 4.44. The van der Waals surface area contributed by atoms with E-state index in [0.717, 1.165) is 32.0 Å². The van der Waals surface area contributed by atoms with Gasteiger partial charge < -0.3 is 15.5 Å². The molecule has 0 spiro atoms.